The molecular weight excluding hydrogens is 417 g/mol. The van der Waals surface area contributed by atoms with Crippen molar-refractivity contribution in [3.63, 3.8) is 0 Å². The predicted molar refractivity (Wildman–Crippen MR) is 107 cm³/mol. The van der Waals surface area contributed by atoms with Crippen molar-refractivity contribution < 1.29 is 22.7 Å². The van der Waals surface area contributed by atoms with E-state index < -0.39 is 12.4 Å². The standard InChI is InChI=1S/C20H19F3N4O2S/c1-12(28)25-17(9-13-5-7-14(11-24)8-6-13)19-27-26-18(30-19)15-3-2-4-16(10-15)29-20(21,22)23/h2-8,10,17H,9,11,24H2,1H3,(H,25,28)/t17-/m1/s1. The maximum Gasteiger partial charge on any atom is 0.573 e. The lowest BCUT2D eigenvalue weighted by molar-refractivity contribution is -0.274. The Bertz CT molecular complexity index is 1010. The fourth-order valence-electron chi connectivity index (χ4n) is 2.81. The lowest BCUT2D eigenvalue weighted by atomic mass is 10.0. The first-order chi connectivity index (χ1) is 14.2. The quantitative estimate of drug-likeness (QED) is 0.585. The van der Waals surface area contributed by atoms with Gasteiger partial charge in [-0.3, -0.25) is 4.79 Å². The fraction of sp³-hybridized carbons (Fsp3) is 0.250. The molecule has 0 spiro atoms. The average Bonchev–Trinajstić information content (AvgIpc) is 3.17. The molecule has 0 aliphatic rings. The van der Waals surface area contributed by atoms with E-state index in [-0.39, 0.29) is 11.7 Å². The van der Waals surface area contributed by atoms with E-state index in [4.69, 9.17) is 5.73 Å². The molecule has 1 atom stereocenters. The number of aromatic nitrogens is 2. The van der Waals surface area contributed by atoms with Gasteiger partial charge >= 0.3 is 6.36 Å². The Morgan fingerprint density at radius 3 is 2.50 bits per heavy atom. The van der Waals surface area contributed by atoms with Gasteiger partial charge in [-0.1, -0.05) is 47.7 Å². The Morgan fingerprint density at radius 1 is 1.17 bits per heavy atom. The normalized spacial score (nSPS) is 12.4. The van der Waals surface area contributed by atoms with Gasteiger partial charge in [0.25, 0.3) is 0 Å². The predicted octanol–water partition coefficient (Wildman–Crippen LogP) is 3.98. The molecule has 1 aromatic heterocycles. The molecule has 0 fully saturated rings. The molecule has 3 rings (SSSR count). The van der Waals surface area contributed by atoms with Crippen LogP contribution < -0.4 is 15.8 Å². The Kier molecular flexibility index (Phi) is 6.68. The maximum absolute atomic E-state index is 12.5. The number of carbonyl (C=O) groups is 1. The summed E-state index contributed by atoms with van der Waals surface area (Å²) in [5.41, 5.74) is 8.02. The van der Waals surface area contributed by atoms with Crippen LogP contribution in [0.1, 0.15) is 29.1 Å². The zero-order valence-electron chi connectivity index (χ0n) is 15.9. The van der Waals surface area contributed by atoms with Gasteiger partial charge in [-0.15, -0.1) is 23.4 Å². The minimum atomic E-state index is -4.78. The molecule has 2 aromatic carbocycles. The molecule has 0 saturated heterocycles. The van der Waals surface area contributed by atoms with Gasteiger partial charge in [-0.2, -0.15) is 0 Å². The molecule has 1 amide bonds. The average molecular weight is 436 g/mol. The largest absolute Gasteiger partial charge is 0.573 e. The molecular formula is C20H19F3N4O2S. The molecule has 1 heterocycles. The summed E-state index contributed by atoms with van der Waals surface area (Å²) in [6.07, 6.45) is -4.29. The summed E-state index contributed by atoms with van der Waals surface area (Å²) in [6, 6.07) is 12.8. The van der Waals surface area contributed by atoms with Crippen molar-refractivity contribution in [1.29, 1.82) is 0 Å². The first-order valence-corrected chi connectivity index (χ1v) is 9.79. The third-order valence-corrected chi connectivity index (χ3v) is 5.22. The number of nitrogens with one attached hydrogen (secondary N) is 1. The van der Waals surface area contributed by atoms with E-state index in [1.54, 1.807) is 6.07 Å². The van der Waals surface area contributed by atoms with E-state index in [9.17, 15) is 18.0 Å². The van der Waals surface area contributed by atoms with Crippen LogP contribution in [0, 0.1) is 0 Å². The SMILES string of the molecule is CC(=O)N[C@H](Cc1ccc(CN)cc1)c1nnc(-c2cccc(OC(F)(F)F)c2)s1. The number of amides is 1. The number of rotatable bonds is 7. The second kappa shape index (κ2) is 9.23. The maximum atomic E-state index is 12.5. The smallest absolute Gasteiger partial charge is 0.406 e. The van der Waals surface area contributed by atoms with E-state index in [2.05, 4.69) is 20.3 Å². The second-order valence-electron chi connectivity index (χ2n) is 6.50. The summed E-state index contributed by atoms with van der Waals surface area (Å²) in [5, 5.41) is 12.1. The molecule has 0 aliphatic heterocycles. The van der Waals surface area contributed by atoms with Gasteiger partial charge in [0, 0.05) is 19.0 Å². The zero-order chi connectivity index (χ0) is 21.7. The Hall–Kier alpha value is -2.98. The molecule has 0 bridgehead atoms. The number of alkyl halides is 3. The highest BCUT2D eigenvalue weighted by molar-refractivity contribution is 7.14. The number of nitrogens with zero attached hydrogens (tertiary/aromatic N) is 2. The summed E-state index contributed by atoms with van der Waals surface area (Å²) in [6.45, 7) is 1.84. The molecule has 158 valence electrons. The van der Waals surface area contributed by atoms with Gasteiger partial charge < -0.3 is 15.8 Å². The fourth-order valence-corrected chi connectivity index (χ4v) is 3.70. The van der Waals surface area contributed by atoms with Gasteiger partial charge in [0.15, 0.2) is 0 Å². The third-order valence-electron chi connectivity index (χ3n) is 4.13. The van der Waals surface area contributed by atoms with E-state index in [1.807, 2.05) is 24.3 Å². The summed E-state index contributed by atoms with van der Waals surface area (Å²) in [4.78, 5) is 11.7. The topological polar surface area (TPSA) is 90.1 Å². The van der Waals surface area contributed by atoms with Crippen LogP contribution in [-0.4, -0.2) is 22.5 Å². The molecule has 3 N–H and O–H groups in total. The van der Waals surface area contributed by atoms with Gasteiger partial charge in [0.05, 0.1) is 6.04 Å². The lowest BCUT2D eigenvalue weighted by Gasteiger charge is -2.15. The molecule has 0 aliphatic carbocycles. The van der Waals surface area contributed by atoms with E-state index in [0.717, 1.165) is 11.1 Å². The van der Waals surface area contributed by atoms with Gasteiger partial charge in [-0.05, 0) is 29.7 Å². The van der Waals surface area contributed by atoms with Crippen LogP contribution >= 0.6 is 11.3 Å². The van der Waals surface area contributed by atoms with Crippen molar-refractivity contribution in [2.24, 2.45) is 5.73 Å². The molecule has 30 heavy (non-hydrogen) atoms. The van der Waals surface area contributed by atoms with Crippen molar-refractivity contribution in [2.45, 2.75) is 32.3 Å². The van der Waals surface area contributed by atoms with Crippen LogP contribution in [0.3, 0.4) is 0 Å². The molecule has 0 saturated carbocycles. The minimum absolute atomic E-state index is 0.226. The third kappa shape index (κ3) is 6.01. The number of halogens is 3. The lowest BCUT2D eigenvalue weighted by Crippen LogP contribution is -2.27. The Balaban J connectivity index is 1.83. The second-order valence-corrected chi connectivity index (χ2v) is 7.51. The summed E-state index contributed by atoms with van der Waals surface area (Å²) >= 11 is 1.20. The number of carbonyl (C=O) groups excluding carboxylic acids is 1. The molecule has 10 heteroatoms. The Labute approximate surface area is 174 Å². The molecule has 0 unspecified atom stereocenters. The first kappa shape index (κ1) is 21.7. The highest BCUT2D eigenvalue weighted by Crippen LogP contribution is 2.32. The van der Waals surface area contributed by atoms with Crippen molar-refractivity contribution in [3.8, 4) is 16.3 Å². The van der Waals surface area contributed by atoms with Crippen LogP contribution in [0.25, 0.3) is 10.6 Å². The molecule has 6 nitrogen and oxygen atoms in total. The van der Waals surface area contributed by atoms with Crippen LogP contribution in [0.2, 0.25) is 0 Å². The monoisotopic (exact) mass is 436 g/mol. The highest BCUT2D eigenvalue weighted by atomic mass is 32.1. The number of benzene rings is 2. The van der Waals surface area contributed by atoms with Gasteiger partial charge in [0.2, 0.25) is 5.91 Å². The number of ether oxygens (including phenoxy) is 1. The van der Waals surface area contributed by atoms with Crippen LogP contribution in [0.5, 0.6) is 5.75 Å². The minimum Gasteiger partial charge on any atom is -0.406 e. The van der Waals surface area contributed by atoms with E-state index >= 15 is 0 Å². The van der Waals surface area contributed by atoms with Crippen molar-refractivity contribution in [3.05, 3.63) is 64.7 Å². The highest BCUT2D eigenvalue weighted by Gasteiger charge is 2.31. The van der Waals surface area contributed by atoms with Crippen LogP contribution in [0.4, 0.5) is 13.2 Å². The van der Waals surface area contributed by atoms with Crippen molar-refractivity contribution >= 4 is 17.2 Å². The van der Waals surface area contributed by atoms with Gasteiger partial charge in [0.1, 0.15) is 15.8 Å². The summed E-state index contributed by atoms with van der Waals surface area (Å²) < 4.78 is 41.4. The Morgan fingerprint density at radius 2 is 1.87 bits per heavy atom. The summed E-state index contributed by atoms with van der Waals surface area (Å²) in [7, 11) is 0. The number of hydrogen-bond acceptors (Lipinski definition) is 6. The van der Waals surface area contributed by atoms with E-state index in [1.165, 1.54) is 36.5 Å². The van der Waals surface area contributed by atoms with Crippen LogP contribution in [-0.2, 0) is 17.8 Å². The summed E-state index contributed by atoms with van der Waals surface area (Å²) in [5.74, 6) is -0.564. The zero-order valence-corrected chi connectivity index (χ0v) is 16.8. The van der Waals surface area contributed by atoms with Crippen molar-refractivity contribution in [2.75, 3.05) is 0 Å². The van der Waals surface area contributed by atoms with Crippen molar-refractivity contribution in [1.82, 2.24) is 15.5 Å². The number of nitrogens with two attached hydrogens (primary N) is 1. The number of hydrogen-bond donors (Lipinski definition) is 2. The molecule has 0 radical (unpaired) electrons. The van der Waals surface area contributed by atoms with Crippen LogP contribution in [0.15, 0.2) is 48.5 Å². The van der Waals surface area contributed by atoms with Gasteiger partial charge in [-0.25, -0.2) is 0 Å². The van der Waals surface area contributed by atoms with E-state index in [0.29, 0.717) is 28.5 Å². The molecule has 3 aromatic rings. The first-order valence-electron chi connectivity index (χ1n) is 8.98.